The van der Waals surface area contributed by atoms with Gasteiger partial charge in [-0.3, -0.25) is 9.79 Å². The number of carbonyl (C=O) groups excluding carboxylic acids is 1. The summed E-state index contributed by atoms with van der Waals surface area (Å²) in [6.07, 6.45) is 0. The summed E-state index contributed by atoms with van der Waals surface area (Å²) in [6.45, 7) is 0.888. The van der Waals surface area contributed by atoms with E-state index < -0.39 is 11.6 Å². The fourth-order valence-electron chi connectivity index (χ4n) is 2.17. The number of rotatable bonds is 6. The molecule has 0 aromatic heterocycles. The van der Waals surface area contributed by atoms with Crippen LogP contribution in [0.4, 0.5) is 8.78 Å². The largest absolute Gasteiger partial charge is 0.355 e. The summed E-state index contributed by atoms with van der Waals surface area (Å²) in [4.78, 5) is 16.0. The highest BCUT2D eigenvalue weighted by Crippen LogP contribution is 2.11. The van der Waals surface area contributed by atoms with Crippen molar-refractivity contribution >= 4 is 51.8 Å². The van der Waals surface area contributed by atoms with E-state index in [9.17, 15) is 13.6 Å². The van der Waals surface area contributed by atoms with Crippen LogP contribution in [0.15, 0.2) is 51.9 Å². The summed E-state index contributed by atoms with van der Waals surface area (Å²) >= 11 is 3.32. The summed E-state index contributed by atoms with van der Waals surface area (Å²) in [5.41, 5.74) is 0.763. The molecule has 0 radical (unpaired) electrons. The van der Waals surface area contributed by atoms with Crippen LogP contribution in [0.1, 0.15) is 15.9 Å². The van der Waals surface area contributed by atoms with Gasteiger partial charge in [0.15, 0.2) is 5.96 Å². The van der Waals surface area contributed by atoms with Gasteiger partial charge in [-0.2, -0.15) is 0 Å². The summed E-state index contributed by atoms with van der Waals surface area (Å²) < 4.78 is 27.6. The van der Waals surface area contributed by atoms with Crippen LogP contribution in [0.25, 0.3) is 0 Å². The monoisotopic (exact) mass is 552 g/mol. The smallest absolute Gasteiger partial charge is 0.251 e. The van der Waals surface area contributed by atoms with Crippen LogP contribution in [0.3, 0.4) is 0 Å². The Morgan fingerprint density at radius 3 is 2.52 bits per heavy atom. The number of guanidine groups is 1. The Bertz CT molecular complexity index is 805. The second-order valence-electron chi connectivity index (χ2n) is 5.35. The van der Waals surface area contributed by atoms with Crippen molar-refractivity contribution < 1.29 is 13.6 Å². The third kappa shape index (κ3) is 7.79. The molecule has 0 atom stereocenters. The van der Waals surface area contributed by atoms with Gasteiger partial charge in [-0.1, -0.05) is 22.0 Å². The molecule has 0 unspecified atom stereocenters. The zero-order valence-electron chi connectivity index (χ0n) is 14.6. The highest BCUT2D eigenvalue weighted by atomic mass is 127. The summed E-state index contributed by atoms with van der Waals surface area (Å²) in [6, 6.07) is 10.4. The number of aliphatic imine (C=N–C) groups is 1. The lowest BCUT2D eigenvalue weighted by molar-refractivity contribution is 0.0954. The van der Waals surface area contributed by atoms with E-state index in [4.69, 9.17) is 0 Å². The van der Waals surface area contributed by atoms with E-state index in [0.29, 0.717) is 24.6 Å². The van der Waals surface area contributed by atoms with Gasteiger partial charge in [0.25, 0.3) is 5.91 Å². The number of nitrogens with one attached hydrogen (secondary N) is 3. The molecule has 0 bridgehead atoms. The van der Waals surface area contributed by atoms with E-state index in [1.54, 1.807) is 25.2 Å². The van der Waals surface area contributed by atoms with Gasteiger partial charge in [0.2, 0.25) is 0 Å². The molecule has 0 aliphatic rings. The van der Waals surface area contributed by atoms with Crippen molar-refractivity contribution in [2.75, 3.05) is 20.1 Å². The molecule has 2 aromatic carbocycles. The molecule has 0 saturated carbocycles. The van der Waals surface area contributed by atoms with E-state index in [1.807, 2.05) is 6.07 Å². The zero-order valence-corrected chi connectivity index (χ0v) is 18.5. The molecule has 9 heteroatoms. The molecule has 0 aliphatic carbocycles. The minimum atomic E-state index is -0.499. The van der Waals surface area contributed by atoms with Gasteiger partial charge in [-0.25, -0.2) is 8.78 Å². The summed E-state index contributed by atoms with van der Waals surface area (Å²) in [7, 11) is 1.57. The third-order valence-corrected chi connectivity index (χ3v) is 3.96. The number of hydrogen-bond donors (Lipinski definition) is 3. The molecule has 1 amide bonds. The number of hydrogen-bond acceptors (Lipinski definition) is 2. The predicted octanol–water partition coefficient (Wildman–Crippen LogP) is 3.44. The molecular formula is C18H20BrF2IN4O. The number of halogens is 4. The molecule has 146 valence electrons. The Balaban J connectivity index is 0.00000364. The first kappa shape index (κ1) is 23.3. The molecule has 0 fully saturated rings. The second-order valence-corrected chi connectivity index (χ2v) is 6.27. The SMILES string of the molecule is CN=C(NCCNC(=O)c1cccc(Br)c1)NCc1cc(F)ccc1F.I. The van der Waals surface area contributed by atoms with Crippen molar-refractivity contribution in [2.24, 2.45) is 4.99 Å². The number of benzene rings is 2. The molecule has 2 aromatic rings. The topological polar surface area (TPSA) is 65.5 Å². The maximum absolute atomic E-state index is 13.6. The van der Waals surface area contributed by atoms with Crippen LogP contribution in [-0.2, 0) is 6.54 Å². The first-order valence-electron chi connectivity index (χ1n) is 7.92. The highest BCUT2D eigenvalue weighted by molar-refractivity contribution is 14.0. The third-order valence-electron chi connectivity index (χ3n) is 3.47. The average molecular weight is 553 g/mol. The zero-order chi connectivity index (χ0) is 18.9. The standard InChI is InChI=1S/C18H19BrF2N4O.HI/c1-22-18(25-11-13-10-15(20)5-6-16(13)21)24-8-7-23-17(26)12-3-2-4-14(19)9-12;/h2-6,9-10H,7-8,11H2,1H3,(H,23,26)(H2,22,24,25);1H. The Hall–Kier alpha value is -1.75. The fourth-order valence-corrected chi connectivity index (χ4v) is 2.57. The van der Waals surface area contributed by atoms with Crippen LogP contribution < -0.4 is 16.0 Å². The van der Waals surface area contributed by atoms with Gasteiger partial charge in [-0.05, 0) is 36.4 Å². The molecule has 2 rings (SSSR count). The molecule has 0 aliphatic heterocycles. The van der Waals surface area contributed by atoms with Gasteiger partial charge in [0.05, 0.1) is 0 Å². The number of carbonyl (C=O) groups is 1. The lowest BCUT2D eigenvalue weighted by Crippen LogP contribution is -2.41. The van der Waals surface area contributed by atoms with Gasteiger partial charge in [0.1, 0.15) is 11.6 Å². The van der Waals surface area contributed by atoms with Crippen LogP contribution in [-0.4, -0.2) is 32.0 Å². The average Bonchev–Trinajstić information content (AvgIpc) is 2.63. The van der Waals surface area contributed by atoms with Crippen molar-refractivity contribution in [1.29, 1.82) is 0 Å². The van der Waals surface area contributed by atoms with E-state index in [-0.39, 0.29) is 42.0 Å². The fraction of sp³-hybridized carbons (Fsp3) is 0.222. The molecule has 0 saturated heterocycles. The van der Waals surface area contributed by atoms with Crippen molar-refractivity contribution in [3.8, 4) is 0 Å². The van der Waals surface area contributed by atoms with Gasteiger partial charge in [0, 0.05) is 42.3 Å². The number of nitrogens with zero attached hydrogens (tertiary/aromatic N) is 1. The van der Waals surface area contributed by atoms with E-state index in [1.165, 1.54) is 0 Å². The maximum atomic E-state index is 13.6. The van der Waals surface area contributed by atoms with Crippen molar-refractivity contribution in [3.05, 3.63) is 69.7 Å². The van der Waals surface area contributed by atoms with Gasteiger partial charge in [-0.15, -0.1) is 24.0 Å². The van der Waals surface area contributed by atoms with Gasteiger partial charge >= 0.3 is 0 Å². The van der Waals surface area contributed by atoms with Crippen LogP contribution in [0.5, 0.6) is 0 Å². The molecular weight excluding hydrogens is 533 g/mol. The van der Waals surface area contributed by atoms with Crippen molar-refractivity contribution in [3.63, 3.8) is 0 Å². The summed E-state index contributed by atoms with van der Waals surface area (Å²) in [5.74, 6) is -0.750. The van der Waals surface area contributed by atoms with Crippen LogP contribution in [0, 0.1) is 11.6 Å². The Labute approximate surface area is 182 Å². The highest BCUT2D eigenvalue weighted by Gasteiger charge is 2.07. The molecule has 0 spiro atoms. The first-order chi connectivity index (χ1) is 12.5. The van der Waals surface area contributed by atoms with Crippen molar-refractivity contribution in [2.45, 2.75) is 6.54 Å². The van der Waals surface area contributed by atoms with E-state index in [2.05, 4.69) is 36.9 Å². The van der Waals surface area contributed by atoms with E-state index >= 15 is 0 Å². The normalized spacial score (nSPS) is 10.7. The predicted molar refractivity (Wildman–Crippen MR) is 116 cm³/mol. The minimum absolute atomic E-state index is 0. The summed E-state index contributed by atoms with van der Waals surface area (Å²) in [5, 5.41) is 8.67. The minimum Gasteiger partial charge on any atom is -0.355 e. The molecule has 3 N–H and O–H groups in total. The Morgan fingerprint density at radius 1 is 1.07 bits per heavy atom. The van der Waals surface area contributed by atoms with Crippen LogP contribution >= 0.6 is 39.9 Å². The lowest BCUT2D eigenvalue weighted by atomic mass is 10.2. The van der Waals surface area contributed by atoms with Gasteiger partial charge < -0.3 is 16.0 Å². The quantitative estimate of drug-likeness (QED) is 0.223. The number of amides is 1. The Morgan fingerprint density at radius 2 is 1.81 bits per heavy atom. The maximum Gasteiger partial charge on any atom is 0.251 e. The lowest BCUT2D eigenvalue weighted by Gasteiger charge is -2.13. The second kappa shape index (κ2) is 11.9. The van der Waals surface area contributed by atoms with E-state index in [0.717, 1.165) is 22.7 Å². The van der Waals surface area contributed by atoms with Crippen LogP contribution in [0.2, 0.25) is 0 Å². The molecule has 0 heterocycles. The first-order valence-corrected chi connectivity index (χ1v) is 8.71. The molecule has 5 nitrogen and oxygen atoms in total. The van der Waals surface area contributed by atoms with Crippen molar-refractivity contribution in [1.82, 2.24) is 16.0 Å². The Kier molecular flexibility index (Phi) is 10.2. The molecule has 27 heavy (non-hydrogen) atoms.